The van der Waals surface area contributed by atoms with Gasteiger partial charge in [-0.1, -0.05) is 60.7 Å². The molecule has 1 aliphatic heterocycles. The van der Waals surface area contributed by atoms with Crippen LogP contribution in [0.4, 0.5) is 10.1 Å². The summed E-state index contributed by atoms with van der Waals surface area (Å²) in [5, 5.41) is 13.4. The number of fused-ring (bicyclic) bond motifs is 1. The maximum Gasteiger partial charge on any atom is 0.253 e. The van der Waals surface area contributed by atoms with E-state index in [9.17, 15) is 14.3 Å². The van der Waals surface area contributed by atoms with E-state index >= 15 is 0 Å². The Morgan fingerprint density at radius 2 is 1.72 bits per heavy atom. The van der Waals surface area contributed by atoms with E-state index in [1.54, 1.807) is 36.4 Å². The first-order chi connectivity index (χ1) is 14.1. The first kappa shape index (κ1) is 19.2. The van der Waals surface area contributed by atoms with E-state index in [4.69, 9.17) is 0 Å². The largest absolute Gasteiger partial charge is 0.378 e. The summed E-state index contributed by atoms with van der Waals surface area (Å²) in [6.07, 6.45) is -0.498. The summed E-state index contributed by atoms with van der Waals surface area (Å²) in [4.78, 5) is 14.8. The number of rotatable bonds is 5. The lowest BCUT2D eigenvalue weighted by atomic mass is 9.96. The fraction of sp³-hybridized carbons (Fsp3) is 0.208. The van der Waals surface area contributed by atoms with Crippen LogP contribution in [0.3, 0.4) is 0 Å². The van der Waals surface area contributed by atoms with Gasteiger partial charge in [-0.25, -0.2) is 4.39 Å². The maximum absolute atomic E-state index is 13.2. The number of hydrogen-bond acceptors (Lipinski definition) is 3. The average Bonchev–Trinajstić information content (AvgIpc) is 2.75. The minimum absolute atomic E-state index is 0.129. The van der Waals surface area contributed by atoms with Gasteiger partial charge in [0.15, 0.2) is 6.10 Å². The molecular formula is C24H23FN2O2. The van der Waals surface area contributed by atoms with Gasteiger partial charge in [0, 0.05) is 18.8 Å². The number of benzene rings is 3. The molecule has 0 radical (unpaired) electrons. The van der Waals surface area contributed by atoms with Crippen molar-refractivity contribution in [2.45, 2.75) is 25.1 Å². The number of hydrogen-bond donors (Lipinski definition) is 2. The van der Waals surface area contributed by atoms with Gasteiger partial charge < -0.3 is 15.3 Å². The lowest BCUT2D eigenvalue weighted by molar-refractivity contribution is -0.130. The van der Waals surface area contributed by atoms with E-state index in [2.05, 4.69) is 22.3 Å². The molecule has 2 N–H and O–H groups in total. The molecule has 3 aromatic carbocycles. The van der Waals surface area contributed by atoms with Crippen molar-refractivity contribution in [2.75, 3.05) is 11.4 Å². The van der Waals surface area contributed by atoms with Gasteiger partial charge in [-0.05, 0) is 41.3 Å². The zero-order valence-corrected chi connectivity index (χ0v) is 16.0. The van der Waals surface area contributed by atoms with Crippen molar-refractivity contribution in [2.24, 2.45) is 0 Å². The number of aliphatic hydroxyl groups excluding tert-OH is 1. The molecule has 0 fully saturated rings. The smallest absolute Gasteiger partial charge is 0.253 e. The van der Waals surface area contributed by atoms with Crippen molar-refractivity contribution in [1.29, 1.82) is 0 Å². The predicted molar refractivity (Wildman–Crippen MR) is 111 cm³/mol. The molecule has 2 atom stereocenters. The van der Waals surface area contributed by atoms with E-state index < -0.39 is 12.0 Å². The molecule has 1 heterocycles. The molecular weight excluding hydrogens is 367 g/mol. The standard InChI is InChI=1S/C24H23FN2O2/c25-20-12-10-17(11-13-20)15-27-16-21(14-19-8-4-5-9-22(19)27)26-24(29)23(28)18-6-2-1-3-7-18/h1-13,21,23,28H,14-16H2,(H,26,29). The van der Waals surface area contributed by atoms with Crippen molar-refractivity contribution in [3.05, 3.63) is 101 Å². The molecule has 148 valence electrons. The van der Waals surface area contributed by atoms with E-state index in [0.717, 1.165) is 16.8 Å². The van der Waals surface area contributed by atoms with Crippen LogP contribution in [0.5, 0.6) is 0 Å². The van der Waals surface area contributed by atoms with E-state index in [1.807, 2.05) is 18.2 Å². The van der Waals surface area contributed by atoms with Crippen LogP contribution in [0.2, 0.25) is 0 Å². The number of halogens is 1. The lowest BCUT2D eigenvalue weighted by Crippen LogP contribution is -2.49. The van der Waals surface area contributed by atoms with Gasteiger partial charge in [0.2, 0.25) is 0 Å². The second-order valence-electron chi connectivity index (χ2n) is 7.36. The van der Waals surface area contributed by atoms with E-state index in [0.29, 0.717) is 25.1 Å². The molecule has 0 spiro atoms. The normalized spacial score (nSPS) is 16.8. The molecule has 2 unspecified atom stereocenters. The van der Waals surface area contributed by atoms with Crippen LogP contribution in [0.15, 0.2) is 78.9 Å². The Bertz CT molecular complexity index is 976. The van der Waals surface area contributed by atoms with Gasteiger partial charge in [-0.3, -0.25) is 4.79 Å². The predicted octanol–water partition coefficient (Wildman–Crippen LogP) is 3.61. The highest BCUT2D eigenvalue weighted by Gasteiger charge is 2.27. The van der Waals surface area contributed by atoms with Crippen LogP contribution in [0, 0.1) is 5.82 Å². The van der Waals surface area contributed by atoms with Gasteiger partial charge in [-0.15, -0.1) is 0 Å². The molecule has 5 heteroatoms. The number of carbonyl (C=O) groups is 1. The van der Waals surface area contributed by atoms with Gasteiger partial charge in [0.1, 0.15) is 5.82 Å². The third-order valence-corrected chi connectivity index (χ3v) is 5.24. The number of anilines is 1. The molecule has 0 bridgehead atoms. The number of nitrogens with zero attached hydrogens (tertiary/aromatic N) is 1. The Labute approximate surface area is 169 Å². The lowest BCUT2D eigenvalue weighted by Gasteiger charge is -2.37. The Morgan fingerprint density at radius 1 is 1.03 bits per heavy atom. The fourth-order valence-corrected chi connectivity index (χ4v) is 3.81. The highest BCUT2D eigenvalue weighted by molar-refractivity contribution is 5.82. The van der Waals surface area contributed by atoms with Crippen molar-refractivity contribution in [3.63, 3.8) is 0 Å². The summed E-state index contributed by atoms with van der Waals surface area (Å²) in [7, 11) is 0. The van der Waals surface area contributed by atoms with Gasteiger partial charge in [0.25, 0.3) is 5.91 Å². The zero-order valence-electron chi connectivity index (χ0n) is 16.0. The fourth-order valence-electron chi connectivity index (χ4n) is 3.81. The minimum atomic E-state index is -1.20. The van der Waals surface area contributed by atoms with Crippen LogP contribution in [-0.2, 0) is 17.8 Å². The number of para-hydroxylation sites is 1. The summed E-state index contributed by atoms with van der Waals surface area (Å²) in [5.41, 5.74) is 3.83. The molecule has 29 heavy (non-hydrogen) atoms. The summed E-state index contributed by atoms with van der Waals surface area (Å²) in [6, 6.07) is 23.4. The number of carbonyl (C=O) groups excluding carboxylic acids is 1. The summed E-state index contributed by atoms with van der Waals surface area (Å²) in [5.74, 6) is -0.657. The average molecular weight is 390 g/mol. The Balaban J connectivity index is 1.50. The quantitative estimate of drug-likeness (QED) is 0.700. The third-order valence-electron chi connectivity index (χ3n) is 5.24. The van der Waals surface area contributed by atoms with Crippen LogP contribution < -0.4 is 10.2 Å². The van der Waals surface area contributed by atoms with Gasteiger partial charge in [0.05, 0.1) is 6.04 Å². The van der Waals surface area contributed by atoms with Crippen molar-refractivity contribution >= 4 is 11.6 Å². The minimum Gasteiger partial charge on any atom is -0.378 e. The second-order valence-corrected chi connectivity index (χ2v) is 7.36. The molecule has 0 aromatic heterocycles. The summed E-state index contributed by atoms with van der Waals surface area (Å²) >= 11 is 0. The molecule has 1 amide bonds. The monoisotopic (exact) mass is 390 g/mol. The molecule has 4 rings (SSSR count). The summed E-state index contributed by atoms with van der Waals surface area (Å²) in [6.45, 7) is 1.23. The molecule has 0 saturated heterocycles. The Morgan fingerprint density at radius 3 is 2.48 bits per heavy atom. The van der Waals surface area contributed by atoms with Crippen LogP contribution in [0.1, 0.15) is 22.8 Å². The molecule has 4 nitrogen and oxygen atoms in total. The molecule has 1 aliphatic rings. The summed E-state index contributed by atoms with van der Waals surface area (Å²) < 4.78 is 13.2. The van der Waals surface area contributed by atoms with Gasteiger partial charge >= 0.3 is 0 Å². The number of nitrogens with one attached hydrogen (secondary N) is 1. The highest BCUT2D eigenvalue weighted by atomic mass is 19.1. The van der Waals surface area contributed by atoms with E-state index in [1.165, 1.54) is 12.1 Å². The maximum atomic E-state index is 13.2. The SMILES string of the molecule is O=C(NC1Cc2ccccc2N(Cc2ccc(F)cc2)C1)C(O)c1ccccc1. The molecule has 0 saturated carbocycles. The van der Waals surface area contributed by atoms with Gasteiger partial charge in [-0.2, -0.15) is 0 Å². The molecule has 3 aromatic rings. The molecule has 0 aliphatic carbocycles. The van der Waals surface area contributed by atoms with Crippen LogP contribution in [0.25, 0.3) is 0 Å². The van der Waals surface area contributed by atoms with E-state index in [-0.39, 0.29) is 11.9 Å². The van der Waals surface area contributed by atoms with Crippen LogP contribution >= 0.6 is 0 Å². The Kier molecular flexibility index (Phi) is 5.58. The second kappa shape index (κ2) is 8.45. The zero-order chi connectivity index (χ0) is 20.2. The Hall–Kier alpha value is -3.18. The first-order valence-corrected chi connectivity index (χ1v) is 9.71. The third kappa shape index (κ3) is 4.46. The van der Waals surface area contributed by atoms with Crippen LogP contribution in [-0.4, -0.2) is 23.6 Å². The van der Waals surface area contributed by atoms with Crippen molar-refractivity contribution < 1.29 is 14.3 Å². The first-order valence-electron chi connectivity index (χ1n) is 9.71. The van der Waals surface area contributed by atoms with Crippen molar-refractivity contribution in [3.8, 4) is 0 Å². The number of amides is 1. The topological polar surface area (TPSA) is 52.6 Å². The number of aliphatic hydroxyl groups is 1. The highest BCUT2D eigenvalue weighted by Crippen LogP contribution is 2.28. The van der Waals surface area contributed by atoms with Crippen molar-refractivity contribution in [1.82, 2.24) is 5.32 Å².